The van der Waals surface area contributed by atoms with E-state index in [1.165, 1.54) is 32.9 Å². The van der Waals surface area contributed by atoms with Gasteiger partial charge in [0.1, 0.15) is 0 Å². The Balaban J connectivity index is 0.969. The van der Waals surface area contributed by atoms with E-state index in [0.29, 0.717) is 0 Å². The molecule has 4 heterocycles. The number of hydrogen-bond donors (Lipinski definition) is 0. The van der Waals surface area contributed by atoms with Crippen molar-refractivity contribution in [2.45, 2.75) is 5.41 Å². The van der Waals surface area contributed by atoms with Crippen LogP contribution in [-0.4, -0.2) is 9.13 Å². The number of para-hydroxylation sites is 6. The van der Waals surface area contributed by atoms with Crippen LogP contribution in [0.2, 0.25) is 0 Å². The molecule has 4 nitrogen and oxygen atoms in total. The van der Waals surface area contributed by atoms with Gasteiger partial charge in [-0.3, -0.25) is 9.36 Å². The molecular weight excluding hydrogens is 731 g/mol. The van der Waals surface area contributed by atoms with Crippen LogP contribution in [0.25, 0.3) is 66.0 Å². The lowest BCUT2D eigenvalue weighted by atomic mass is 9.60. The Morgan fingerprint density at radius 1 is 0.317 bits per heavy atom. The van der Waals surface area contributed by atoms with Gasteiger partial charge in [0.15, 0.2) is 0 Å². The van der Waals surface area contributed by atoms with E-state index in [1.54, 1.807) is 0 Å². The van der Waals surface area contributed by atoms with E-state index in [4.69, 9.17) is 0 Å². The lowest BCUT2D eigenvalue weighted by Crippen LogP contribution is -2.42. The highest BCUT2D eigenvalue weighted by atomic mass is 16.1. The van der Waals surface area contributed by atoms with Crippen LogP contribution in [0.3, 0.4) is 0 Å². The van der Waals surface area contributed by atoms with Crippen LogP contribution in [0.4, 0.5) is 17.1 Å². The topological polar surface area (TPSA) is 30.2 Å². The highest BCUT2D eigenvalue weighted by Crippen LogP contribution is 2.61. The molecule has 0 amide bonds. The van der Waals surface area contributed by atoms with Crippen LogP contribution in [0, 0.1) is 0 Å². The van der Waals surface area contributed by atoms with Gasteiger partial charge >= 0.3 is 0 Å². The van der Waals surface area contributed by atoms with Gasteiger partial charge in [0, 0.05) is 32.9 Å². The van der Waals surface area contributed by atoms with Gasteiger partial charge in [-0.05, 0) is 99.4 Å². The first-order chi connectivity index (χ1) is 29.7. The molecule has 0 fully saturated rings. The molecule has 0 atom stereocenters. The van der Waals surface area contributed by atoms with E-state index in [1.807, 2.05) is 22.8 Å². The largest absolute Gasteiger partial charge is 0.310 e. The zero-order valence-electron chi connectivity index (χ0n) is 32.5. The fraction of sp³-hybridized carbons (Fsp3) is 0.0179. The van der Waals surface area contributed by atoms with Crippen LogP contribution < -0.4 is 10.5 Å². The third-order valence-corrected chi connectivity index (χ3v) is 13.1. The molecule has 11 aromatic rings. The Morgan fingerprint density at radius 2 is 0.750 bits per heavy atom. The van der Waals surface area contributed by atoms with Gasteiger partial charge in [0.05, 0.1) is 39.0 Å². The third kappa shape index (κ3) is 4.26. The summed E-state index contributed by atoms with van der Waals surface area (Å²) in [4.78, 5) is 17.0. The van der Waals surface area contributed by atoms with Crippen molar-refractivity contribution >= 4 is 60.5 Å². The molecule has 0 saturated carbocycles. The Morgan fingerprint density at radius 3 is 1.35 bits per heavy atom. The SMILES string of the molecule is O=c1c2ccccc2c2cccc3c2n1-c1ccccc1C31c2ccccc2N(c2ccc(-c3ccc(-n4c5ccccc5c5ccccc54)cc3)cc2)c2ccccc21. The van der Waals surface area contributed by atoms with Gasteiger partial charge in [-0.15, -0.1) is 0 Å². The summed E-state index contributed by atoms with van der Waals surface area (Å²) in [5.74, 6) is 0. The maximum Gasteiger partial charge on any atom is 0.263 e. The minimum Gasteiger partial charge on any atom is -0.310 e. The van der Waals surface area contributed by atoms with Crippen molar-refractivity contribution in [1.82, 2.24) is 9.13 Å². The molecule has 2 aliphatic rings. The average molecular weight is 766 g/mol. The minimum atomic E-state index is -0.688. The summed E-state index contributed by atoms with van der Waals surface area (Å²) < 4.78 is 4.33. The van der Waals surface area contributed by atoms with Gasteiger partial charge in [0.2, 0.25) is 0 Å². The third-order valence-electron chi connectivity index (χ3n) is 13.1. The van der Waals surface area contributed by atoms with Crippen LogP contribution in [0.1, 0.15) is 22.3 Å². The van der Waals surface area contributed by atoms with Crippen LogP contribution in [0.15, 0.2) is 217 Å². The zero-order valence-corrected chi connectivity index (χ0v) is 32.5. The first-order valence-corrected chi connectivity index (χ1v) is 20.6. The molecule has 13 rings (SSSR count). The average Bonchev–Trinajstić information content (AvgIpc) is 3.66. The lowest BCUT2D eigenvalue weighted by molar-refractivity contribution is 0.709. The predicted molar refractivity (Wildman–Crippen MR) is 247 cm³/mol. The van der Waals surface area contributed by atoms with Crippen molar-refractivity contribution in [1.29, 1.82) is 0 Å². The highest BCUT2D eigenvalue weighted by Gasteiger charge is 2.50. The Labute approximate surface area is 346 Å². The van der Waals surface area contributed by atoms with Crippen molar-refractivity contribution in [3.63, 3.8) is 0 Å². The van der Waals surface area contributed by atoms with E-state index < -0.39 is 5.41 Å². The quantitative estimate of drug-likeness (QED) is 0.168. The summed E-state index contributed by atoms with van der Waals surface area (Å²) in [5.41, 5.74) is 15.0. The summed E-state index contributed by atoms with van der Waals surface area (Å²) in [7, 11) is 0. The van der Waals surface area contributed by atoms with Crippen molar-refractivity contribution in [3.05, 3.63) is 245 Å². The van der Waals surface area contributed by atoms with Crippen LogP contribution in [-0.2, 0) is 5.41 Å². The molecule has 1 spiro atoms. The smallest absolute Gasteiger partial charge is 0.263 e. The second-order valence-corrected chi connectivity index (χ2v) is 16.0. The molecule has 4 heteroatoms. The van der Waals surface area contributed by atoms with Crippen LogP contribution in [0.5, 0.6) is 0 Å². The molecule has 280 valence electrons. The Kier molecular flexibility index (Phi) is 6.77. The van der Waals surface area contributed by atoms with Gasteiger partial charge < -0.3 is 9.47 Å². The lowest BCUT2D eigenvalue weighted by Gasteiger charge is -2.49. The monoisotopic (exact) mass is 765 g/mol. The molecular formula is C56H35N3O. The first-order valence-electron chi connectivity index (χ1n) is 20.6. The summed E-state index contributed by atoms with van der Waals surface area (Å²) >= 11 is 0. The maximum atomic E-state index is 14.6. The molecule has 0 bridgehead atoms. The number of aromatic nitrogens is 2. The zero-order chi connectivity index (χ0) is 39.5. The normalized spacial score (nSPS) is 13.5. The van der Waals surface area contributed by atoms with Crippen molar-refractivity contribution in [3.8, 4) is 22.5 Å². The number of rotatable bonds is 3. The van der Waals surface area contributed by atoms with E-state index in [0.717, 1.165) is 72.4 Å². The number of hydrogen-bond acceptors (Lipinski definition) is 2. The summed E-state index contributed by atoms with van der Waals surface area (Å²) in [6.07, 6.45) is 0. The molecule has 0 saturated heterocycles. The summed E-state index contributed by atoms with van der Waals surface area (Å²) in [6.45, 7) is 0. The predicted octanol–water partition coefficient (Wildman–Crippen LogP) is 13.4. The van der Waals surface area contributed by atoms with Gasteiger partial charge in [0.25, 0.3) is 5.56 Å². The number of nitrogens with zero attached hydrogens (tertiary/aromatic N) is 3. The second-order valence-electron chi connectivity index (χ2n) is 16.0. The van der Waals surface area contributed by atoms with Gasteiger partial charge in [-0.2, -0.15) is 0 Å². The molecule has 0 aliphatic carbocycles. The summed E-state index contributed by atoms with van der Waals surface area (Å²) in [5, 5.41) is 5.31. The Hall–Kier alpha value is -7.95. The maximum absolute atomic E-state index is 14.6. The molecule has 0 radical (unpaired) electrons. The number of pyridine rings is 1. The van der Waals surface area contributed by atoms with E-state index in [-0.39, 0.29) is 5.56 Å². The van der Waals surface area contributed by atoms with Crippen molar-refractivity contribution in [2.24, 2.45) is 0 Å². The van der Waals surface area contributed by atoms with E-state index >= 15 is 0 Å². The van der Waals surface area contributed by atoms with E-state index in [9.17, 15) is 4.79 Å². The molecule has 0 N–H and O–H groups in total. The number of anilines is 3. The molecule has 0 unspecified atom stereocenters. The fourth-order valence-corrected chi connectivity index (χ4v) is 10.7. The molecule has 2 aliphatic heterocycles. The van der Waals surface area contributed by atoms with E-state index in [2.05, 4.69) is 204 Å². The first kappa shape index (κ1) is 33.1. The molecule has 2 aromatic heterocycles. The fourth-order valence-electron chi connectivity index (χ4n) is 10.7. The standard InChI is InChI=1S/C56H35N3O/c60-55-44-17-2-1-14-40(44)43-18-13-22-48-54(43)59(55)53-27-12-7-21-47(53)56(48)45-19-5-10-25-51(45)58(52-26-11-6-20-46(52)56)39-34-30-37(31-35-39)36-28-32-38(33-29-36)57-49-23-8-3-15-41(49)42-16-4-9-24-50(42)57/h1-35H. The van der Waals surface area contributed by atoms with Crippen molar-refractivity contribution < 1.29 is 0 Å². The van der Waals surface area contributed by atoms with Gasteiger partial charge in [-0.1, -0.05) is 152 Å². The van der Waals surface area contributed by atoms with Gasteiger partial charge in [-0.25, -0.2) is 0 Å². The second kappa shape index (κ2) is 12.3. The molecule has 9 aromatic carbocycles. The van der Waals surface area contributed by atoms with Crippen molar-refractivity contribution in [2.75, 3.05) is 4.90 Å². The number of benzene rings is 9. The number of fused-ring (bicyclic) bond motifs is 13. The highest BCUT2D eigenvalue weighted by molar-refractivity contribution is 6.10. The van der Waals surface area contributed by atoms with Crippen LogP contribution >= 0.6 is 0 Å². The Bertz CT molecular complexity index is 3530. The molecule has 60 heavy (non-hydrogen) atoms. The summed E-state index contributed by atoms with van der Waals surface area (Å²) in [6, 6.07) is 76.0. The minimum absolute atomic E-state index is 0.00768.